The van der Waals surface area contributed by atoms with Crippen molar-refractivity contribution in [2.75, 3.05) is 12.8 Å². The average molecular weight is 328 g/mol. The lowest BCUT2D eigenvalue weighted by molar-refractivity contribution is 0.385. The lowest BCUT2D eigenvalue weighted by Crippen LogP contribution is -1.94. The van der Waals surface area contributed by atoms with Crippen LogP contribution in [0.4, 0.5) is 10.1 Å². The van der Waals surface area contributed by atoms with Crippen LogP contribution in [0.5, 0.6) is 5.75 Å². The van der Waals surface area contributed by atoms with E-state index in [1.54, 1.807) is 6.07 Å². The first-order chi connectivity index (χ1) is 8.60. The molecular formula is C13H11BrFNOS. The number of anilines is 1. The number of methoxy groups -OCH3 is 1. The SMILES string of the molecule is COc1cc(Sc2cccc(Br)c2)c(N)cc1F. The van der Waals surface area contributed by atoms with Crippen molar-refractivity contribution < 1.29 is 9.13 Å². The maximum atomic E-state index is 13.4. The van der Waals surface area contributed by atoms with Gasteiger partial charge < -0.3 is 10.5 Å². The van der Waals surface area contributed by atoms with E-state index in [0.717, 1.165) is 14.3 Å². The summed E-state index contributed by atoms with van der Waals surface area (Å²) in [5.41, 5.74) is 6.20. The molecule has 0 saturated carbocycles. The molecule has 0 atom stereocenters. The molecule has 0 heterocycles. The second kappa shape index (κ2) is 5.63. The molecule has 2 N–H and O–H groups in total. The van der Waals surface area contributed by atoms with E-state index < -0.39 is 5.82 Å². The summed E-state index contributed by atoms with van der Waals surface area (Å²) in [6, 6.07) is 10.7. The van der Waals surface area contributed by atoms with E-state index in [-0.39, 0.29) is 5.75 Å². The zero-order chi connectivity index (χ0) is 13.1. The van der Waals surface area contributed by atoms with Crippen LogP contribution < -0.4 is 10.5 Å². The minimum Gasteiger partial charge on any atom is -0.494 e. The summed E-state index contributed by atoms with van der Waals surface area (Å²) in [4.78, 5) is 1.79. The molecule has 0 saturated heterocycles. The highest BCUT2D eigenvalue weighted by molar-refractivity contribution is 9.10. The van der Waals surface area contributed by atoms with Crippen LogP contribution in [0.1, 0.15) is 0 Å². The molecule has 0 aliphatic rings. The van der Waals surface area contributed by atoms with E-state index in [9.17, 15) is 4.39 Å². The second-order valence-electron chi connectivity index (χ2n) is 3.58. The number of hydrogen-bond donors (Lipinski definition) is 1. The van der Waals surface area contributed by atoms with E-state index in [0.29, 0.717) is 5.69 Å². The van der Waals surface area contributed by atoms with Crippen LogP contribution in [0.2, 0.25) is 0 Å². The molecule has 2 rings (SSSR count). The first-order valence-corrected chi connectivity index (χ1v) is 6.77. The predicted molar refractivity (Wildman–Crippen MR) is 75.6 cm³/mol. The number of rotatable bonds is 3. The van der Waals surface area contributed by atoms with Crippen LogP contribution in [0, 0.1) is 5.82 Å². The Labute approximate surface area is 117 Å². The summed E-state index contributed by atoms with van der Waals surface area (Å²) >= 11 is 4.87. The molecule has 0 fully saturated rings. The van der Waals surface area contributed by atoms with Crippen LogP contribution in [-0.4, -0.2) is 7.11 Å². The Balaban J connectivity index is 2.34. The van der Waals surface area contributed by atoms with Gasteiger partial charge in [-0.2, -0.15) is 0 Å². The van der Waals surface area contributed by atoms with Crippen molar-refractivity contribution in [2.24, 2.45) is 0 Å². The maximum Gasteiger partial charge on any atom is 0.167 e. The fraction of sp³-hybridized carbons (Fsp3) is 0.0769. The van der Waals surface area contributed by atoms with Gasteiger partial charge in [-0.1, -0.05) is 33.8 Å². The molecule has 0 amide bonds. The number of benzene rings is 2. The van der Waals surface area contributed by atoms with Gasteiger partial charge in [-0.25, -0.2) is 4.39 Å². The Kier molecular flexibility index (Phi) is 4.14. The number of halogens is 2. The Morgan fingerprint density at radius 3 is 2.72 bits per heavy atom. The fourth-order valence-corrected chi connectivity index (χ4v) is 2.93. The standard InChI is InChI=1S/C13H11BrFNOS/c1-17-12-7-13(11(16)6-10(12)15)18-9-4-2-3-8(14)5-9/h2-7H,16H2,1H3. The molecule has 5 heteroatoms. The van der Waals surface area contributed by atoms with Crippen LogP contribution in [-0.2, 0) is 0 Å². The average Bonchev–Trinajstić information content (AvgIpc) is 2.33. The molecule has 2 nitrogen and oxygen atoms in total. The van der Waals surface area contributed by atoms with Crippen molar-refractivity contribution in [3.63, 3.8) is 0 Å². The summed E-state index contributed by atoms with van der Waals surface area (Å²) in [6.45, 7) is 0. The smallest absolute Gasteiger partial charge is 0.167 e. The molecule has 2 aromatic rings. The summed E-state index contributed by atoms with van der Waals surface area (Å²) in [6.07, 6.45) is 0. The third kappa shape index (κ3) is 2.97. The normalized spacial score (nSPS) is 10.4. The third-order valence-corrected chi connectivity index (χ3v) is 3.86. The van der Waals surface area contributed by atoms with Crippen molar-refractivity contribution in [2.45, 2.75) is 9.79 Å². The van der Waals surface area contributed by atoms with Crippen LogP contribution in [0.3, 0.4) is 0 Å². The molecule has 0 spiro atoms. The first kappa shape index (κ1) is 13.2. The lowest BCUT2D eigenvalue weighted by Gasteiger charge is -2.09. The van der Waals surface area contributed by atoms with Gasteiger partial charge in [0.25, 0.3) is 0 Å². The topological polar surface area (TPSA) is 35.2 Å². The Hall–Kier alpha value is -1.20. The van der Waals surface area contributed by atoms with Gasteiger partial charge >= 0.3 is 0 Å². The summed E-state index contributed by atoms with van der Waals surface area (Å²) in [5.74, 6) is -0.254. The first-order valence-electron chi connectivity index (χ1n) is 5.16. The molecule has 0 aliphatic heterocycles. The van der Waals surface area contributed by atoms with Crippen molar-refractivity contribution in [1.29, 1.82) is 0 Å². The van der Waals surface area contributed by atoms with Gasteiger partial charge in [0.05, 0.1) is 7.11 Å². The van der Waals surface area contributed by atoms with Crippen molar-refractivity contribution in [3.8, 4) is 5.75 Å². The highest BCUT2D eigenvalue weighted by Gasteiger charge is 2.09. The van der Waals surface area contributed by atoms with E-state index in [2.05, 4.69) is 15.9 Å². The minimum atomic E-state index is -0.450. The van der Waals surface area contributed by atoms with E-state index in [4.69, 9.17) is 10.5 Å². The minimum absolute atomic E-state index is 0.196. The lowest BCUT2D eigenvalue weighted by atomic mass is 10.3. The maximum absolute atomic E-state index is 13.4. The molecule has 2 aromatic carbocycles. The number of nitrogen functional groups attached to an aromatic ring is 1. The quantitative estimate of drug-likeness (QED) is 0.852. The summed E-state index contributed by atoms with van der Waals surface area (Å²) in [7, 11) is 1.43. The van der Waals surface area contributed by atoms with E-state index in [1.807, 2.05) is 24.3 Å². The van der Waals surface area contributed by atoms with Crippen LogP contribution in [0.15, 0.2) is 50.7 Å². The molecule has 0 unspecified atom stereocenters. The summed E-state index contributed by atoms with van der Waals surface area (Å²) in [5, 5.41) is 0. The zero-order valence-electron chi connectivity index (χ0n) is 9.61. The van der Waals surface area contributed by atoms with Crippen molar-refractivity contribution in [3.05, 3.63) is 46.7 Å². The molecule has 18 heavy (non-hydrogen) atoms. The van der Waals surface area contributed by atoms with Gasteiger partial charge in [0.15, 0.2) is 11.6 Å². The highest BCUT2D eigenvalue weighted by atomic mass is 79.9. The fourth-order valence-electron chi connectivity index (χ4n) is 1.45. The predicted octanol–water partition coefficient (Wildman–Crippen LogP) is 4.33. The third-order valence-electron chi connectivity index (χ3n) is 2.31. The van der Waals surface area contributed by atoms with Crippen molar-refractivity contribution in [1.82, 2.24) is 0 Å². The Morgan fingerprint density at radius 2 is 2.06 bits per heavy atom. The van der Waals surface area contributed by atoms with Crippen LogP contribution in [0.25, 0.3) is 0 Å². The van der Waals surface area contributed by atoms with E-state index in [1.165, 1.54) is 24.9 Å². The summed E-state index contributed by atoms with van der Waals surface area (Å²) < 4.78 is 19.3. The number of hydrogen-bond acceptors (Lipinski definition) is 3. The molecular weight excluding hydrogens is 317 g/mol. The van der Waals surface area contributed by atoms with E-state index >= 15 is 0 Å². The van der Waals surface area contributed by atoms with Gasteiger partial charge in [0, 0.05) is 26.0 Å². The molecule has 94 valence electrons. The monoisotopic (exact) mass is 327 g/mol. The molecule has 0 aromatic heterocycles. The van der Waals surface area contributed by atoms with Crippen molar-refractivity contribution >= 4 is 33.4 Å². The highest BCUT2D eigenvalue weighted by Crippen LogP contribution is 2.36. The number of nitrogens with two attached hydrogens (primary N) is 1. The Bertz CT molecular complexity index is 577. The van der Waals surface area contributed by atoms with Gasteiger partial charge in [-0.05, 0) is 24.3 Å². The zero-order valence-corrected chi connectivity index (χ0v) is 12.0. The van der Waals surface area contributed by atoms with Gasteiger partial charge in [-0.3, -0.25) is 0 Å². The second-order valence-corrected chi connectivity index (χ2v) is 5.62. The van der Waals surface area contributed by atoms with Gasteiger partial charge in [0.2, 0.25) is 0 Å². The molecule has 0 aliphatic carbocycles. The van der Waals surface area contributed by atoms with Crippen LogP contribution >= 0.6 is 27.7 Å². The Morgan fingerprint density at radius 1 is 1.28 bits per heavy atom. The molecule has 0 radical (unpaired) electrons. The largest absolute Gasteiger partial charge is 0.494 e. The number of ether oxygens (including phenoxy) is 1. The van der Waals surface area contributed by atoms with Gasteiger partial charge in [0.1, 0.15) is 0 Å². The molecule has 0 bridgehead atoms. The van der Waals surface area contributed by atoms with Gasteiger partial charge in [-0.15, -0.1) is 0 Å².